The smallest absolute Gasteiger partial charge is 0.279 e. The average molecular weight is 351 g/mol. The van der Waals surface area contributed by atoms with Crippen LogP contribution in [0.3, 0.4) is 0 Å². The Balaban J connectivity index is 1.76. The van der Waals surface area contributed by atoms with Crippen molar-refractivity contribution in [3.05, 3.63) is 70.6 Å². The first kappa shape index (κ1) is 17.0. The maximum atomic E-state index is 12.1. The van der Waals surface area contributed by atoms with E-state index in [0.717, 1.165) is 11.3 Å². The van der Waals surface area contributed by atoms with Crippen LogP contribution in [0, 0.1) is 0 Å². The van der Waals surface area contributed by atoms with Gasteiger partial charge < -0.3 is 10.2 Å². The molecule has 0 aromatic heterocycles. The van der Waals surface area contributed by atoms with Crippen molar-refractivity contribution in [3.63, 3.8) is 0 Å². The molecule has 1 N–H and O–H groups in total. The van der Waals surface area contributed by atoms with Crippen LogP contribution in [0.5, 0.6) is 0 Å². The van der Waals surface area contributed by atoms with E-state index in [-0.39, 0.29) is 11.8 Å². The van der Waals surface area contributed by atoms with Gasteiger partial charge in [0.15, 0.2) is 5.17 Å². The number of anilines is 1. The van der Waals surface area contributed by atoms with Crippen molar-refractivity contribution in [3.8, 4) is 0 Å². The van der Waals surface area contributed by atoms with Crippen molar-refractivity contribution in [1.29, 1.82) is 0 Å². The number of hydrogen-bond acceptors (Lipinski definition) is 4. The molecule has 0 atom stereocenters. The number of hydrogen-bond donors (Lipinski definition) is 1. The van der Waals surface area contributed by atoms with Crippen LogP contribution in [-0.4, -0.2) is 31.1 Å². The largest absolute Gasteiger partial charge is 0.378 e. The number of carbonyl (C=O) groups is 2. The Morgan fingerprint density at radius 1 is 1.08 bits per heavy atom. The molecule has 0 saturated carbocycles. The summed E-state index contributed by atoms with van der Waals surface area (Å²) in [5.74, 6) is -0.624. The lowest BCUT2D eigenvalue weighted by Crippen LogP contribution is -2.20. The molecule has 0 spiro atoms. The number of rotatable bonds is 3. The highest BCUT2D eigenvalue weighted by Crippen LogP contribution is 2.26. The summed E-state index contributed by atoms with van der Waals surface area (Å²) in [5.41, 5.74) is 2.49. The van der Waals surface area contributed by atoms with Gasteiger partial charge in [-0.05, 0) is 47.7 Å². The minimum atomic E-state index is -0.375. The van der Waals surface area contributed by atoms with Gasteiger partial charge in [0.1, 0.15) is 0 Å². The molecule has 5 nitrogen and oxygen atoms in total. The average Bonchev–Trinajstić information content (AvgIpc) is 2.95. The second-order valence-electron chi connectivity index (χ2n) is 5.64. The number of benzene rings is 2. The van der Waals surface area contributed by atoms with Crippen molar-refractivity contribution in [2.75, 3.05) is 19.0 Å². The number of amides is 2. The Kier molecular flexibility index (Phi) is 5.00. The summed E-state index contributed by atoms with van der Waals surface area (Å²) in [6.45, 7) is 0. The molecule has 0 unspecified atom stereocenters. The van der Waals surface area contributed by atoms with Gasteiger partial charge in [0.05, 0.1) is 4.91 Å². The second-order valence-corrected chi connectivity index (χ2v) is 6.67. The van der Waals surface area contributed by atoms with E-state index in [4.69, 9.17) is 0 Å². The van der Waals surface area contributed by atoms with Crippen LogP contribution in [0.1, 0.15) is 15.9 Å². The maximum Gasteiger partial charge on any atom is 0.279 e. The Hall–Kier alpha value is -2.86. The zero-order valence-electron chi connectivity index (χ0n) is 13.9. The molecule has 0 aliphatic carbocycles. The lowest BCUT2D eigenvalue weighted by molar-refractivity contribution is -0.115. The van der Waals surface area contributed by atoms with Crippen LogP contribution < -0.4 is 10.2 Å². The predicted molar refractivity (Wildman–Crippen MR) is 103 cm³/mol. The van der Waals surface area contributed by atoms with Crippen molar-refractivity contribution in [2.24, 2.45) is 4.99 Å². The van der Waals surface area contributed by atoms with Crippen LogP contribution in [-0.2, 0) is 4.79 Å². The van der Waals surface area contributed by atoms with Crippen molar-refractivity contribution >= 4 is 40.5 Å². The number of aliphatic imine (C=N–C) groups is 1. The molecule has 1 fully saturated rings. The molecule has 2 aromatic rings. The van der Waals surface area contributed by atoms with Crippen molar-refractivity contribution < 1.29 is 9.59 Å². The monoisotopic (exact) mass is 351 g/mol. The van der Waals surface area contributed by atoms with Gasteiger partial charge in [-0.1, -0.05) is 30.3 Å². The van der Waals surface area contributed by atoms with E-state index in [2.05, 4.69) is 10.3 Å². The van der Waals surface area contributed by atoms with Gasteiger partial charge in [0.2, 0.25) is 0 Å². The maximum absolute atomic E-state index is 12.1. The molecule has 25 heavy (non-hydrogen) atoms. The minimum absolute atomic E-state index is 0.249. The van der Waals surface area contributed by atoms with E-state index < -0.39 is 0 Å². The van der Waals surface area contributed by atoms with Crippen LogP contribution in [0.15, 0.2) is 64.5 Å². The highest BCUT2D eigenvalue weighted by atomic mass is 32.2. The van der Waals surface area contributed by atoms with E-state index >= 15 is 0 Å². The third kappa shape index (κ3) is 4.16. The van der Waals surface area contributed by atoms with Crippen molar-refractivity contribution in [2.45, 2.75) is 0 Å². The van der Waals surface area contributed by atoms with Gasteiger partial charge >= 0.3 is 0 Å². The highest BCUT2D eigenvalue weighted by Gasteiger charge is 2.24. The van der Waals surface area contributed by atoms with Gasteiger partial charge in [0, 0.05) is 25.3 Å². The van der Waals surface area contributed by atoms with Gasteiger partial charge in [0.25, 0.3) is 11.8 Å². The van der Waals surface area contributed by atoms with Crippen LogP contribution in [0.4, 0.5) is 5.69 Å². The molecule has 6 heteroatoms. The topological polar surface area (TPSA) is 61.8 Å². The predicted octanol–water partition coefficient (Wildman–Crippen LogP) is 3.15. The van der Waals surface area contributed by atoms with E-state index in [1.807, 2.05) is 49.3 Å². The number of carbonyl (C=O) groups excluding carboxylic acids is 2. The molecule has 3 rings (SSSR count). The summed E-state index contributed by atoms with van der Waals surface area (Å²) in [4.78, 5) is 30.7. The Morgan fingerprint density at radius 2 is 1.76 bits per heavy atom. The molecule has 126 valence electrons. The first-order chi connectivity index (χ1) is 12.0. The molecule has 1 aliphatic rings. The Bertz CT molecular complexity index is 856. The Labute approximate surface area is 150 Å². The molecule has 2 amide bonds. The SMILES string of the molecule is CN(C)c1ccc(/C=C2/SC(=NC(=O)c3ccccc3)NC2=O)cc1. The zero-order chi connectivity index (χ0) is 17.8. The second kappa shape index (κ2) is 7.36. The third-order valence-electron chi connectivity index (χ3n) is 3.58. The lowest BCUT2D eigenvalue weighted by atomic mass is 10.2. The molecule has 0 bridgehead atoms. The quantitative estimate of drug-likeness (QED) is 0.863. The van der Waals surface area contributed by atoms with E-state index in [0.29, 0.717) is 15.6 Å². The van der Waals surface area contributed by atoms with E-state index in [1.165, 1.54) is 11.8 Å². The first-order valence-electron chi connectivity index (χ1n) is 7.69. The molecule has 1 aliphatic heterocycles. The summed E-state index contributed by atoms with van der Waals surface area (Å²) in [5, 5.41) is 2.93. The van der Waals surface area contributed by atoms with Gasteiger partial charge in [-0.3, -0.25) is 9.59 Å². The van der Waals surface area contributed by atoms with Crippen LogP contribution in [0.2, 0.25) is 0 Å². The fourth-order valence-corrected chi connectivity index (χ4v) is 3.06. The summed E-state index contributed by atoms with van der Waals surface area (Å²) in [6.07, 6.45) is 1.79. The molecule has 0 radical (unpaired) electrons. The summed E-state index contributed by atoms with van der Waals surface area (Å²) in [7, 11) is 3.94. The van der Waals surface area contributed by atoms with Crippen molar-refractivity contribution in [1.82, 2.24) is 5.32 Å². The van der Waals surface area contributed by atoms with Gasteiger partial charge in [-0.25, -0.2) is 0 Å². The van der Waals surface area contributed by atoms with Crippen LogP contribution >= 0.6 is 11.8 Å². The molecule has 1 heterocycles. The molecular weight excluding hydrogens is 334 g/mol. The first-order valence-corrected chi connectivity index (χ1v) is 8.51. The zero-order valence-corrected chi connectivity index (χ0v) is 14.7. The standard InChI is InChI=1S/C19H17N3O2S/c1-22(2)15-10-8-13(9-11-15)12-16-18(24)21-19(25-16)20-17(23)14-6-4-3-5-7-14/h3-12H,1-2H3,(H,20,21,23,24)/b16-12+. The summed E-state index contributed by atoms with van der Waals surface area (Å²) in [6, 6.07) is 16.6. The lowest BCUT2D eigenvalue weighted by Gasteiger charge is -2.11. The third-order valence-corrected chi connectivity index (χ3v) is 4.49. The molecular formula is C19H17N3O2S. The minimum Gasteiger partial charge on any atom is -0.378 e. The van der Waals surface area contributed by atoms with Gasteiger partial charge in [-0.15, -0.1) is 0 Å². The summed E-state index contributed by atoms with van der Waals surface area (Å²) < 4.78 is 0. The highest BCUT2D eigenvalue weighted by molar-refractivity contribution is 8.18. The fourth-order valence-electron chi connectivity index (χ4n) is 2.24. The van der Waals surface area contributed by atoms with Crippen LogP contribution in [0.25, 0.3) is 6.08 Å². The van der Waals surface area contributed by atoms with E-state index in [1.54, 1.807) is 30.3 Å². The fraction of sp³-hybridized carbons (Fsp3) is 0.105. The van der Waals surface area contributed by atoms with E-state index in [9.17, 15) is 9.59 Å². The molecule has 1 saturated heterocycles. The number of nitrogens with one attached hydrogen (secondary N) is 1. The van der Waals surface area contributed by atoms with Gasteiger partial charge in [-0.2, -0.15) is 4.99 Å². The normalized spacial score (nSPS) is 17.0. The molecule has 2 aromatic carbocycles. The number of amidine groups is 1. The Morgan fingerprint density at radius 3 is 2.40 bits per heavy atom. The number of nitrogens with zero attached hydrogens (tertiary/aromatic N) is 2. The number of thioether (sulfide) groups is 1. The summed E-state index contributed by atoms with van der Waals surface area (Å²) >= 11 is 1.17.